The van der Waals surface area contributed by atoms with Crippen molar-refractivity contribution in [2.24, 2.45) is 0 Å². The lowest BCUT2D eigenvalue weighted by Gasteiger charge is -2.29. The molecule has 1 N–H and O–H groups in total. The molecule has 94 valence electrons. The van der Waals surface area contributed by atoms with Gasteiger partial charge in [-0.25, -0.2) is 0 Å². The van der Waals surface area contributed by atoms with Gasteiger partial charge in [0.2, 0.25) is 0 Å². The highest BCUT2D eigenvalue weighted by Gasteiger charge is 2.21. The van der Waals surface area contributed by atoms with Gasteiger partial charge in [-0.2, -0.15) is 11.8 Å². The minimum Gasteiger partial charge on any atom is -0.375 e. The molecule has 1 heterocycles. The van der Waals surface area contributed by atoms with Crippen molar-refractivity contribution in [2.45, 2.75) is 32.5 Å². The fraction of sp³-hybridized carbons (Fsp3) is 0.571. The van der Waals surface area contributed by atoms with Crippen LogP contribution in [0, 0.1) is 0 Å². The van der Waals surface area contributed by atoms with Crippen molar-refractivity contribution in [1.29, 1.82) is 0 Å². The molecule has 0 bridgehead atoms. The van der Waals surface area contributed by atoms with Crippen molar-refractivity contribution < 1.29 is 4.74 Å². The smallest absolute Gasteiger partial charge is 0.0721 e. The maximum absolute atomic E-state index is 5.64. The molecule has 0 aliphatic carbocycles. The summed E-state index contributed by atoms with van der Waals surface area (Å²) in [6.07, 6.45) is 0. The first-order valence-electron chi connectivity index (χ1n) is 6.30. The van der Waals surface area contributed by atoms with Crippen molar-refractivity contribution >= 4 is 11.8 Å². The number of nitrogens with one attached hydrogen (secondary N) is 1. The summed E-state index contributed by atoms with van der Waals surface area (Å²) in [5.74, 6) is 2.35. The Balaban J connectivity index is 1.98. The van der Waals surface area contributed by atoms with E-state index in [0.717, 1.165) is 19.0 Å². The molecule has 1 aliphatic rings. The molecular weight excluding hydrogens is 230 g/mol. The molecule has 17 heavy (non-hydrogen) atoms. The molecule has 1 aliphatic heterocycles. The van der Waals surface area contributed by atoms with Gasteiger partial charge in [-0.3, -0.25) is 0 Å². The zero-order valence-electron chi connectivity index (χ0n) is 10.6. The van der Waals surface area contributed by atoms with Gasteiger partial charge in [-0.1, -0.05) is 31.2 Å². The Hall–Kier alpha value is -0.510. The van der Waals surface area contributed by atoms with Crippen LogP contribution in [0.1, 0.15) is 31.0 Å². The van der Waals surface area contributed by atoms with Crippen LogP contribution in [0.25, 0.3) is 0 Å². The van der Waals surface area contributed by atoms with Gasteiger partial charge in [-0.05, 0) is 23.8 Å². The summed E-state index contributed by atoms with van der Waals surface area (Å²) in [7, 11) is 0. The maximum atomic E-state index is 5.64. The topological polar surface area (TPSA) is 21.3 Å². The molecule has 0 amide bonds. The molecule has 2 atom stereocenters. The predicted octanol–water partition coefficient (Wildman–Crippen LogP) is 2.99. The summed E-state index contributed by atoms with van der Waals surface area (Å²) in [5.41, 5.74) is 2.73. The van der Waals surface area contributed by atoms with E-state index in [9.17, 15) is 0 Å². The Morgan fingerprint density at radius 3 is 3.12 bits per heavy atom. The minimum absolute atomic E-state index is 0.354. The van der Waals surface area contributed by atoms with Crippen molar-refractivity contribution in [3.63, 3.8) is 0 Å². The molecule has 0 spiro atoms. The first kappa shape index (κ1) is 12.9. The van der Waals surface area contributed by atoms with Crippen LogP contribution in [0.3, 0.4) is 0 Å². The van der Waals surface area contributed by atoms with Crippen LogP contribution in [0.15, 0.2) is 24.3 Å². The molecule has 0 saturated carbocycles. The third kappa shape index (κ3) is 3.47. The Kier molecular flexibility index (Phi) is 4.89. The summed E-state index contributed by atoms with van der Waals surface area (Å²) in [5, 5.41) is 3.66. The fourth-order valence-electron chi connectivity index (χ4n) is 2.21. The molecule has 2 rings (SSSR count). The number of hydrogen-bond donors (Lipinski definition) is 1. The highest BCUT2D eigenvalue weighted by atomic mass is 32.2. The zero-order chi connectivity index (χ0) is 12.1. The minimum atomic E-state index is 0.354. The fourth-order valence-corrected chi connectivity index (χ4v) is 2.89. The lowest BCUT2D eigenvalue weighted by molar-refractivity contribution is 0.0799. The van der Waals surface area contributed by atoms with Crippen LogP contribution in [0.2, 0.25) is 0 Å². The average Bonchev–Trinajstić information content (AvgIpc) is 2.37. The summed E-state index contributed by atoms with van der Waals surface area (Å²) >= 11 is 1.98. The van der Waals surface area contributed by atoms with E-state index in [-0.39, 0.29) is 0 Å². The summed E-state index contributed by atoms with van der Waals surface area (Å²) in [6, 6.07) is 9.46. The second-order valence-corrected chi connectivity index (χ2v) is 5.81. The van der Waals surface area contributed by atoms with E-state index < -0.39 is 0 Å². The number of rotatable bonds is 5. The summed E-state index contributed by atoms with van der Waals surface area (Å²) < 4.78 is 5.64. The molecule has 2 nitrogen and oxygen atoms in total. The average molecular weight is 251 g/mol. The number of fused-ring (bicyclic) bond motifs is 1. The van der Waals surface area contributed by atoms with Crippen molar-refractivity contribution in [3.8, 4) is 0 Å². The van der Waals surface area contributed by atoms with E-state index in [1.165, 1.54) is 16.9 Å². The molecular formula is C14H21NOS. The van der Waals surface area contributed by atoms with E-state index in [4.69, 9.17) is 4.74 Å². The van der Waals surface area contributed by atoms with Crippen LogP contribution in [0.5, 0.6) is 0 Å². The van der Waals surface area contributed by atoms with Crippen LogP contribution >= 0.6 is 11.8 Å². The van der Waals surface area contributed by atoms with Crippen LogP contribution in [0.4, 0.5) is 0 Å². The quantitative estimate of drug-likeness (QED) is 0.869. The molecule has 0 radical (unpaired) electrons. The Labute approximate surface area is 108 Å². The van der Waals surface area contributed by atoms with Crippen molar-refractivity contribution in [2.75, 3.05) is 18.1 Å². The second-order valence-electron chi connectivity index (χ2n) is 4.49. The van der Waals surface area contributed by atoms with E-state index in [1.807, 2.05) is 11.8 Å². The molecule has 0 fully saturated rings. The van der Waals surface area contributed by atoms with E-state index >= 15 is 0 Å². The Morgan fingerprint density at radius 2 is 2.29 bits per heavy atom. The first-order chi connectivity index (χ1) is 8.31. The molecule has 0 aromatic heterocycles. The van der Waals surface area contributed by atoms with Crippen LogP contribution in [-0.4, -0.2) is 24.2 Å². The number of hydrogen-bond acceptors (Lipinski definition) is 3. The standard InChI is InChI=1S/C14H21NOS/c1-3-17-10-11(2)15-14-9-16-8-12-6-4-5-7-13(12)14/h4-7,11,14-15H,3,8-10H2,1-2H3. The van der Waals surface area contributed by atoms with Gasteiger partial charge < -0.3 is 10.1 Å². The third-order valence-electron chi connectivity index (χ3n) is 3.03. The molecule has 0 saturated heterocycles. The highest BCUT2D eigenvalue weighted by molar-refractivity contribution is 7.99. The largest absolute Gasteiger partial charge is 0.375 e. The molecule has 2 unspecified atom stereocenters. The van der Waals surface area contributed by atoms with Gasteiger partial charge >= 0.3 is 0 Å². The third-order valence-corrected chi connectivity index (χ3v) is 4.17. The monoisotopic (exact) mass is 251 g/mol. The lowest BCUT2D eigenvalue weighted by atomic mass is 9.98. The van der Waals surface area contributed by atoms with Crippen LogP contribution in [-0.2, 0) is 11.3 Å². The van der Waals surface area contributed by atoms with E-state index in [2.05, 4.69) is 43.4 Å². The molecule has 3 heteroatoms. The second kappa shape index (κ2) is 6.43. The maximum Gasteiger partial charge on any atom is 0.0721 e. The van der Waals surface area contributed by atoms with Gasteiger partial charge in [0.15, 0.2) is 0 Å². The zero-order valence-corrected chi connectivity index (χ0v) is 11.4. The van der Waals surface area contributed by atoms with Gasteiger partial charge in [0, 0.05) is 11.8 Å². The van der Waals surface area contributed by atoms with E-state index in [1.54, 1.807) is 0 Å². The summed E-state index contributed by atoms with van der Waals surface area (Å²) in [6.45, 7) is 6.00. The number of thioether (sulfide) groups is 1. The normalized spacial score (nSPS) is 20.9. The first-order valence-corrected chi connectivity index (χ1v) is 7.46. The van der Waals surface area contributed by atoms with Gasteiger partial charge in [-0.15, -0.1) is 0 Å². The highest BCUT2D eigenvalue weighted by Crippen LogP contribution is 2.25. The molecule has 1 aromatic carbocycles. The van der Waals surface area contributed by atoms with Crippen molar-refractivity contribution in [3.05, 3.63) is 35.4 Å². The van der Waals surface area contributed by atoms with E-state index in [0.29, 0.717) is 12.1 Å². The Bertz CT molecular complexity index is 356. The van der Waals surface area contributed by atoms with Crippen LogP contribution < -0.4 is 5.32 Å². The van der Waals surface area contributed by atoms with Gasteiger partial charge in [0.25, 0.3) is 0 Å². The van der Waals surface area contributed by atoms with Gasteiger partial charge in [0.1, 0.15) is 0 Å². The number of ether oxygens (including phenoxy) is 1. The van der Waals surface area contributed by atoms with Gasteiger partial charge in [0.05, 0.1) is 19.3 Å². The van der Waals surface area contributed by atoms with Crippen molar-refractivity contribution in [1.82, 2.24) is 5.32 Å². The Morgan fingerprint density at radius 1 is 1.47 bits per heavy atom. The predicted molar refractivity (Wildman–Crippen MR) is 74.4 cm³/mol. The lowest BCUT2D eigenvalue weighted by Crippen LogP contribution is -2.37. The number of benzene rings is 1. The summed E-state index contributed by atoms with van der Waals surface area (Å²) in [4.78, 5) is 0. The SMILES string of the molecule is CCSCC(C)NC1COCc2ccccc21. The molecule has 1 aromatic rings.